The summed E-state index contributed by atoms with van der Waals surface area (Å²) in [7, 11) is 0. The van der Waals surface area contributed by atoms with Gasteiger partial charge in [-0.15, -0.1) is 0 Å². The first kappa shape index (κ1) is 23.6. The number of nitrogens with one attached hydrogen (secondary N) is 1. The van der Waals surface area contributed by atoms with Crippen LogP contribution < -0.4 is 0 Å². The molecule has 184 valence electrons. The molecule has 1 fully saturated rings. The zero-order chi connectivity index (χ0) is 25.1. The first-order valence-corrected chi connectivity index (χ1v) is 11.7. The minimum Gasteiger partial charge on any atom is -0.346 e. The molecular formula is C25H24F2N8O. The third-order valence-corrected chi connectivity index (χ3v) is 6.48. The van der Waals surface area contributed by atoms with Crippen molar-refractivity contribution in [3.8, 4) is 17.3 Å². The van der Waals surface area contributed by atoms with E-state index in [2.05, 4.69) is 31.0 Å². The number of halogens is 2. The summed E-state index contributed by atoms with van der Waals surface area (Å²) in [6, 6.07) is 7.05. The molecule has 1 saturated heterocycles. The third-order valence-electron chi connectivity index (χ3n) is 6.48. The molecule has 4 heterocycles. The van der Waals surface area contributed by atoms with Crippen LogP contribution in [0.15, 0.2) is 49.2 Å². The fourth-order valence-corrected chi connectivity index (χ4v) is 4.67. The van der Waals surface area contributed by atoms with Crippen LogP contribution in [-0.2, 0) is 6.54 Å². The molecule has 1 N–H and O–H groups in total. The minimum absolute atomic E-state index is 0.00676. The number of nitrogens with zero attached hydrogens (tertiary/aromatic N) is 7. The number of benzene rings is 1. The second-order valence-corrected chi connectivity index (χ2v) is 8.75. The van der Waals surface area contributed by atoms with Crippen LogP contribution in [0.4, 0.5) is 8.78 Å². The molecule has 1 aromatic carbocycles. The van der Waals surface area contributed by atoms with Gasteiger partial charge in [-0.05, 0) is 24.6 Å². The van der Waals surface area contributed by atoms with Crippen molar-refractivity contribution in [2.24, 2.45) is 0 Å². The molecule has 0 saturated carbocycles. The number of rotatable bonds is 7. The highest BCUT2D eigenvalue weighted by Gasteiger charge is 2.27. The normalized spacial score (nSPS) is 15.2. The van der Waals surface area contributed by atoms with E-state index in [0.29, 0.717) is 45.6 Å². The second-order valence-electron chi connectivity index (χ2n) is 8.75. The number of nitriles is 1. The van der Waals surface area contributed by atoms with Crippen molar-refractivity contribution in [2.75, 3.05) is 26.2 Å². The van der Waals surface area contributed by atoms with Gasteiger partial charge < -0.3 is 9.88 Å². The van der Waals surface area contributed by atoms with E-state index in [1.165, 1.54) is 6.33 Å². The van der Waals surface area contributed by atoms with Crippen LogP contribution in [0.2, 0.25) is 0 Å². The van der Waals surface area contributed by atoms with Crippen LogP contribution in [0.1, 0.15) is 23.2 Å². The van der Waals surface area contributed by atoms with E-state index in [1.54, 1.807) is 11.1 Å². The van der Waals surface area contributed by atoms with E-state index < -0.39 is 11.6 Å². The van der Waals surface area contributed by atoms with E-state index in [9.17, 15) is 18.8 Å². The number of H-pyrrole nitrogens is 1. The van der Waals surface area contributed by atoms with E-state index in [0.717, 1.165) is 40.5 Å². The third kappa shape index (κ3) is 4.94. The molecule has 0 radical (unpaired) electrons. The summed E-state index contributed by atoms with van der Waals surface area (Å²) in [6.45, 7) is 2.60. The van der Waals surface area contributed by atoms with Crippen LogP contribution in [0.5, 0.6) is 0 Å². The number of hydrogen-bond acceptors (Lipinski definition) is 6. The number of carbonyl (C=O) groups is 1. The highest BCUT2D eigenvalue weighted by molar-refractivity contribution is 5.94. The molecule has 1 amide bonds. The zero-order valence-corrected chi connectivity index (χ0v) is 19.4. The Kier molecular flexibility index (Phi) is 6.69. The first-order chi connectivity index (χ1) is 17.5. The molecule has 9 nitrogen and oxygen atoms in total. The van der Waals surface area contributed by atoms with Gasteiger partial charge in [-0.3, -0.25) is 14.4 Å². The van der Waals surface area contributed by atoms with Gasteiger partial charge in [-0.25, -0.2) is 18.7 Å². The van der Waals surface area contributed by atoms with Crippen molar-refractivity contribution in [1.29, 1.82) is 5.26 Å². The van der Waals surface area contributed by atoms with Crippen LogP contribution >= 0.6 is 0 Å². The summed E-state index contributed by atoms with van der Waals surface area (Å²) < 4.78 is 29.0. The maximum absolute atomic E-state index is 13.6. The number of hydrogen-bond donors (Lipinski definition) is 1. The Morgan fingerprint density at radius 2 is 1.92 bits per heavy atom. The van der Waals surface area contributed by atoms with Crippen molar-refractivity contribution < 1.29 is 13.6 Å². The van der Waals surface area contributed by atoms with E-state index in [4.69, 9.17) is 0 Å². The Morgan fingerprint density at radius 1 is 1.14 bits per heavy atom. The Morgan fingerprint density at radius 3 is 2.67 bits per heavy atom. The molecule has 0 bridgehead atoms. The maximum Gasteiger partial charge on any atom is 0.254 e. The molecule has 0 aliphatic carbocycles. The second kappa shape index (κ2) is 10.2. The smallest absolute Gasteiger partial charge is 0.254 e. The van der Waals surface area contributed by atoms with E-state index in [-0.39, 0.29) is 17.5 Å². The van der Waals surface area contributed by atoms with Gasteiger partial charge >= 0.3 is 0 Å². The van der Waals surface area contributed by atoms with Crippen LogP contribution in [0.3, 0.4) is 0 Å². The largest absolute Gasteiger partial charge is 0.346 e. The molecule has 0 spiro atoms. The summed E-state index contributed by atoms with van der Waals surface area (Å²) in [4.78, 5) is 28.3. The zero-order valence-electron chi connectivity index (χ0n) is 19.4. The van der Waals surface area contributed by atoms with Gasteiger partial charge in [-0.2, -0.15) is 10.4 Å². The number of carbonyl (C=O) groups excluding carboxylic acids is 1. The lowest BCUT2D eigenvalue weighted by Gasteiger charge is -2.39. The molecule has 3 aromatic heterocycles. The van der Waals surface area contributed by atoms with Gasteiger partial charge in [0.1, 0.15) is 23.6 Å². The lowest BCUT2D eigenvalue weighted by molar-refractivity contribution is 0.0535. The average Bonchev–Trinajstić information content (AvgIpc) is 3.55. The first-order valence-electron chi connectivity index (χ1n) is 11.7. The van der Waals surface area contributed by atoms with Crippen molar-refractivity contribution >= 4 is 16.9 Å². The number of aromatic nitrogens is 5. The van der Waals surface area contributed by atoms with E-state index >= 15 is 0 Å². The Balaban J connectivity index is 1.26. The number of aromatic amines is 1. The molecule has 5 rings (SSSR count). The summed E-state index contributed by atoms with van der Waals surface area (Å²) in [5, 5.41) is 14.6. The minimum atomic E-state index is -0.772. The standard InChI is InChI=1S/C25H24F2N8O/c26-19-10-17(11-20(27)12-19)25(36)34-8-6-33(7-9-34)21(2-1-4-28)15-35-14-18(13-32-35)23-22-3-5-29-24(22)31-16-30-23/h3,5,10-14,16,21H,1-2,6-9,15H2,(H,29,30,31)/t21-/m1/s1. The maximum atomic E-state index is 13.6. The van der Waals surface area contributed by atoms with Gasteiger partial charge in [-0.1, -0.05) is 0 Å². The van der Waals surface area contributed by atoms with Crippen molar-refractivity contribution in [3.63, 3.8) is 0 Å². The number of piperazine rings is 1. The molecular weight excluding hydrogens is 466 g/mol. The summed E-state index contributed by atoms with van der Waals surface area (Å²) >= 11 is 0. The fourth-order valence-electron chi connectivity index (χ4n) is 4.67. The van der Waals surface area contributed by atoms with E-state index in [1.807, 2.05) is 23.1 Å². The predicted molar refractivity (Wildman–Crippen MR) is 128 cm³/mol. The molecule has 1 atom stereocenters. The summed E-state index contributed by atoms with van der Waals surface area (Å²) in [6.07, 6.45) is 8.10. The molecule has 1 aliphatic rings. The van der Waals surface area contributed by atoms with Crippen molar-refractivity contribution in [1.82, 2.24) is 34.5 Å². The lowest BCUT2D eigenvalue weighted by Crippen LogP contribution is -2.53. The average molecular weight is 491 g/mol. The van der Waals surface area contributed by atoms with Crippen molar-refractivity contribution in [3.05, 3.63) is 66.4 Å². The highest BCUT2D eigenvalue weighted by atomic mass is 19.1. The van der Waals surface area contributed by atoms with Gasteiger partial charge in [0.15, 0.2) is 0 Å². The summed E-state index contributed by atoms with van der Waals surface area (Å²) in [5.74, 6) is -1.93. The SMILES string of the molecule is N#CCC[C@H](Cn1cc(-c2ncnc3[nH]ccc23)cn1)N1CCN(C(=O)c2cc(F)cc(F)c2)CC1. The Hall–Kier alpha value is -4.17. The topological polar surface area (TPSA) is 107 Å². The van der Waals surface area contributed by atoms with Gasteiger partial charge in [0.05, 0.1) is 24.5 Å². The Labute approximate surface area is 206 Å². The predicted octanol–water partition coefficient (Wildman–Crippen LogP) is 3.23. The van der Waals surface area contributed by atoms with Gasteiger partial charge in [0.2, 0.25) is 0 Å². The molecule has 36 heavy (non-hydrogen) atoms. The molecule has 11 heteroatoms. The molecule has 1 aliphatic heterocycles. The number of amides is 1. The van der Waals surface area contributed by atoms with Crippen molar-refractivity contribution in [2.45, 2.75) is 25.4 Å². The van der Waals surface area contributed by atoms with Crippen LogP contribution in [-0.4, -0.2) is 72.7 Å². The van der Waals surface area contributed by atoms with Gasteiger partial charge in [0, 0.05) is 73.6 Å². The molecule has 0 unspecified atom stereocenters. The van der Waals surface area contributed by atoms with Crippen LogP contribution in [0, 0.1) is 23.0 Å². The fraction of sp³-hybridized carbons (Fsp3) is 0.320. The van der Waals surface area contributed by atoms with Crippen LogP contribution in [0.25, 0.3) is 22.3 Å². The number of fused-ring (bicyclic) bond motifs is 1. The quantitative estimate of drug-likeness (QED) is 0.426. The molecule has 4 aromatic rings. The lowest BCUT2D eigenvalue weighted by atomic mass is 10.1. The Bertz CT molecular complexity index is 1400. The monoisotopic (exact) mass is 490 g/mol. The summed E-state index contributed by atoms with van der Waals surface area (Å²) in [5.41, 5.74) is 2.43. The van der Waals surface area contributed by atoms with Gasteiger partial charge in [0.25, 0.3) is 5.91 Å². The highest BCUT2D eigenvalue weighted by Crippen LogP contribution is 2.24.